The number of carbonyl (C=O) groups is 1. The summed E-state index contributed by atoms with van der Waals surface area (Å²) in [4.78, 5) is 17.8. The Balaban J connectivity index is 2.39. The number of nitrogens with zero attached hydrogens (tertiary/aromatic N) is 2. The van der Waals surface area contributed by atoms with E-state index in [1.165, 1.54) is 0 Å². The van der Waals surface area contributed by atoms with E-state index in [1.807, 2.05) is 40.8 Å². The van der Waals surface area contributed by atoms with Crippen molar-refractivity contribution >= 4 is 17.7 Å². The molecule has 0 radical (unpaired) electrons. The minimum absolute atomic E-state index is 0.174. The Labute approximate surface area is 131 Å². The number of likely N-dealkylation sites (N-methyl/N-ethyl adjacent to an activating group) is 1. The van der Waals surface area contributed by atoms with Gasteiger partial charge in [0, 0.05) is 25.3 Å². The maximum Gasteiger partial charge on any atom is 0.407 e. The first kappa shape index (κ1) is 17.7. The highest BCUT2D eigenvalue weighted by Gasteiger charge is 2.17. The Kier molecular flexibility index (Phi) is 6.42. The fourth-order valence-electron chi connectivity index (χ4n) is 1.64. The van der Waals surface area contributed by atoms with E-state index >= 15 is 0 Å². The molecular weight excluding hydrogens is 290 g/mol. The maximum absolute atomic E-state index is 11.6. The molecule has 0 spiro atoms. The molecule has 1 N–H and O–H groups in total. The maximum atomic E-state index is 11.6. The van der Waals surface area contributed by atoms with Crippen molar-refractivity contribution in [2.45, 2.75) is 45.9 Å². The molecule has 0 aliphatic rings. The number of halogens is 1. The van der Waals surface area contributed by atoms with Crippen LogP contribution in [0.2, 0.25) is 5.15 Å². The number of ether oxygens (including phenoxy) is 1. The number of pyridine rings is 1. The van der Waals surface area contributed by atoms with Crippen molar-refractivity contribution in [3.63, 3.8) is 0 Å². The molecule has 0 saturated carbocycles. The van der Waals surface area contributed by atoms with Gasteiger partial charge in [-0.15, -0.1) is 0 Å². The fraction of sp³-hybridized carbons (Fsp3) is 0.600. The molecule has 0 unspecified atom stereocenters. The molecule has 6 heteroatoms. The van der Waals surface area contributed by atoms with Gasteiger partial charge in [-0.25, -0.2) is 9.78 Å². The van der Waals surface area contributed by atoms with Gasteiger partial charge in [-0.3, -0.25) is 4.90 Å². The summed E-state index contributed by atoms with van der Waals surface area (Å²) in [5, 5.41) is 3.26. The molecule has 0 aliphatic carbocycles. The zero-order valence-electron chi connectivity index (χ0n) is 13.3. The van der Waals surface area contributed by atoms with Crippen LogP contribution in [0.1, 0.15) is 33.3 Å². The smallest absolute Gasteiger partial charge is 0.407 e. The van der Waals surface area contributed by atoms with Gasteiger partial charge < -0.3 is 10.1 Å². The lowest BCUT2D eigenvalue weighted by molar-refractivity contribution is 0.0512. The van der Waals surface area contributed by atoms with Crippen LogP contribution < -0.4 is 5.32 Å². The van der Waals surface area contributed by atoms with Crippen molar-refractivity contribution in [1.82, 2.24) is 15.2 Å². The molecule has 118 valence electrons. The largest absolute Gasteiger partial charge is 0.444 e. The number of carbonyl (C=O) groups excluding carboxylic acids is 1. The van der Waals surface area contributed by atoms with Crippen LogP contribution in [0.25, 0.3) is 0 Å². The topological polar surface area (TPSA) is 54.5 Å². The van der Waals surface area contributed by atoms with Crippen LogP contribution in [0, 0.1) is 0 Å². The molecule has 1 amide bonds. The molecule has 0 saturated heterocycles. The van der Waals surface area contributed by atoms with Crippen molar-refractivity contribution < 1.29 is 9.53 Å². The Morgan fingerprint density at radius 3 is 2.67 bits per heavy atom. The number of amides is 1. The van der Waals surface area contributed by atoms with Crippen LogP contribution in [-0.4, -0.2) is 41.2 Å². The molecule has 21 heavy (non-hydrogen) atoms. The number of nitrogens with one attached hydrogen (secondary N) is 1. The van der Waals surface area contributed by atoms with E-state index in [0.29, 0.717) is 11.7 Å². The van der Waals surface area contributed by atoms with Crippen molar-refractivity contribution in [3.8, 4) is 0 Å². The summed E-state index contributed by atoms with van der Waals surface area (Å²) in [6.45, 7) is 8.83. The van der Waals surface area contributed by atoms with Gasteiger partial charge >= 0.3 is 6.09 Å². The molecule has 0 aliphatic heterocycles. The molecule has 1 aromatic heterocycles. The van der Waals surface area contributed by atoms with Crippen LogP contribution in [0.5, 0.6) is 0 Å². The monoisotopic (exact) mass is 313 g/mol. The Morgan fingerprint density at radius 1 is 1.48 bits per heavy atom. The van der Waals surface area contributed by atoms with Crippen molar-refractivity contribution in [1.29, 1.82) is 0 Å². The van der Waals surface area contributed by atoms with E-state index in [0.717, 1.165) is 12.1 Å². The minimum atomic E-state index is -0.478. The molecule has 0 bridgehead atoms. The molecular formula is C15H24ClN3O2. The highest BCUT2D eigenvalue weighted by Crippen LogP contribution is 2.09. The standard InChI is InChI=1S/C15H24ClN3O2/c1-11(8-18-14(20)21-15(2,3)4)19(5)10-12-6-7-13(16)17-9-12/h6-7,9,11H,8,10H2,1-5H3,(H,18,20)/t11-/m0/s1. The highest BCUT2D eigenvalue weighted by molar-refractivity contribution is 6.29. The van der Waals surface area contributed by atoms with Crippen LogP contribution in [0.15, 0.2) is 18.3 Å². The number of rotatable bonds is 5. The molecule has 0 fully saturated rings. The summed E-state index contributed by atoms with van der Waals surface area (Å²) in [6.07, 6.45) is 1.36. The van der Waals surface area contributed by atoms with Crippen LogP contribution in [-0.2, 0) is 11.3 Å². The quantitative estimate of drug-likeness (QED) is 0.849. The van der Waals surface area contributed by atoms with Gasteiger partial charge in [-0.2, -0.15) is 0 Å². The first-order valence-electron chi connectivity index (χ1n) is 6.95. The second-order valence-corrected chi connectivity index (χ2v) is 6.52. The van der Waals surface area contributed by atoms with Crippen molar-refractivity contribution in [2.75, 3.05) is 13.6 Å². The third-order valence-electron chi connectivity index (χ3n) is 2.91. The predicted octanol–water partition coefficient (Wildman–Crippen LogP) is 3.08. The average molecular weight is 314 g/mol. The fourth-order valence-corrected chi connectivity index (χ4v) is 1.76. The van der Waals surface area contributed by atoms with Gasteiger partial charge in [0.1, 0.15) is 10.8 Å². The second-order valence-electron chi connectivity index (χ2n) is 6.14. The Hall–Kier alpha value is -1.33. The van der Waals surface area contributed by atoms with Gasteiger partial charge in [0.05, 0.1) is 0 Å². The molecule has 5 nitrogen and oxygen atoms in total. The third kappa shape index (κ3) is 7.29. The van der Waals surface area contributed by atoms with E-state index in [-0.39, 0.29) is 6.04 Å². The van der Waals surface area contributed by atoms with Crippen LogP contribution in [0.3, 0.4) is 0 Å². The summed E-state index contributed by atoms with van der Waals surface area (Å²) in [7, 11) is 2.00. The average Bonchev–Trinajstić information content (AvgIpc) is 2.36. The molecule has 1 atom stereocenters. The van der Waals surface area contributed by atoms with E-state index in [2.05, 4.69) is 15.2 Å². The van der Waals surface area contributed by atoms with Crippen molar-refractivity contribution in [3.05, 3.63) is 29.0 Å². The molecule has 1 heterocycles. The summed E-state index contributed by atoms with van der Waals surface area (Å²) >= 11 is 5.76. The van der Waals surface area contributed by atoms with E-state index in [1.54, 1.807) is 12.3 Å². The van der Waals surface area contributed by atoms with E-state index in [9.17, 15) is 4.79 Å². The van der Waals surface area contributed by atoms with E-state index < -0.39 is 11.7 Å². The summed E-state index contributed by atoms with van der Waals surface area (Å²) in [5.41, 5.74) is 0.597. The SMILES string of the molecule is C[C@@H](CNC(=O)OC(C)(C)C)N(C)Cc1ccc(Cl)nc1. The van der Waals surface area contributed by atoms with Gasteiger partial charge in [0.25, 0.3) is 0 Å². The number of aromatic nitrogens is 1. The lowest BCUT2D eigenvalue weighted by Crippen LogP contribution is -2.41. The highest BCUT2D eigenvalue weighted by atomic mass is 35.5. The first-order chi connectivity index (χ1) is 9.67. The lowest BCUT2D eigenvalue weighted by Gasteiger charge is -2.26. The summed E-state index contributed by atoms with van der Waals surface area (Å²) < 4.78 is 5.21. The van der Waals surface area contributed by atoms with Crippen LogP contribution >= 0.6 is 11.6 Å². The van der Waals surface area contributed by atoms with Gasteiger partial charge in [0.2, 0.25) is 0 Å². The normalized spacial score (nSPS) is 13.1. The zero-order valence-corrected chi connectivity index (χ0v) is 14.1. The van der Waals surface area contributed by atoms with Gasteiger partial charge in [0.15, 0.2) is 0 Å². The second kappa shape index (κ2) is 7.61. The molecule has 0 aromatic carbocycles. The predicted molar refractivity (Wildman–Crippen MR) is 84.4 cm³/mol. The molecule has 1 aromatic rings. The van der Waals surface area contributed by atoms with Gasteiger partial charge in [-0.05, 0) is 46.4 Å². The summed E-state index contributed by atoms with van der Waals surface area (Å²) in [5.74, 6) is 0. The third-order valence-corrected chi connectivity index (χ3v) is 3.14. The lowest BCUT2D eigenvalue weighted by atomic mass is 10.2. The zero-order chi connectivity index (χ0) is 16.0. The van der Waals surface area contributed by atoms with Gasteiger partial charge in [-0.1, -0.05) is 17.7 Å². The van der Waals surface area contributed by atoms with E-state index in [4.69, 9.17) is 16.3 Å². The van der Waals surface area contributed by atoms with Crippen molar-refractivity contribution in [2.24, 2.45) is 0 Å². The Morgan fingerprint density at radius 2 is 2.14 bits per heavy atom. The number of hydrogen-bond acceptors (Lipinski definition) is 4. The summed E-state index contributed by atoms with van der Waals surface area (Å²) in [6, 6.07) is 3.89. The van der Waals surface area contributed by atoms with Crippen LogP contribution in [0.4, 0.5) is 4.79 Å². The Bertz CT molecular complexity index is 457. The first-order valence-corrected chi connectivity index (χ1v) is 7.32. The number of alkyl carbamates (subject to hydrolysis) is 1. The molecule has 1 rings (SSSR count). The minimum Gasteiger partial charge on any atom is -0.444 e. The number of hydrogen-bond donors (Lipinski definition) is 1.